The van der Waals surface area contributed by atoms with E-state index in [1.54, 1.807) is 8.61 Å². The normalized spacial score (nSPS) is 37.7. The Morgan fingerprint density at radius 1 is 0.955 bits per heavy atom. The van der Waals surface area contributed by atoms with Gasteiger partial charge >= 0.3 is 0 Å². The van der Waals surface area contributed by atoms with Crippen LogP contribution in [-0.4, -0.2) is 54.4 Å². The fraction of sp³-hybridized carbons (Fsp3) is 1.00. The quantitative estimate of drug-likeness (QED) is 0.842. The maximum Gasteiger partial charge on any atom is 0.281 e. The second-order valence-electron chi connectivity index (χ2n) is 8.28. The highest BCUT2D eigenvalue weighted by atomic mass is 32.2. The summed E-state index contributed by atoms with van der Waals surface area (Å²) in [6, 6.07) is 0. The lowest BCUT2D eigenvalue weighted by atomic mass is 9.77. The van der Waals surface area contributed by atoms with E-state index in [2.05, 4.69) is 13.8 Å². The van der Waals surface area contributed by atoms with E-state index in [1.165, 1.54) is 0 Å². The van der Waals surface area contributed by atoms with E-state index in [9.17, 15) is 13.5 Å². The molecular formula is C16H30N2O3S. The molecule has 1 saturated carbocycles. The van der Waals surface area contributed by atoms with Crippen LogP contribution in [-0.2, 0) is 10.2 Å². The Morgan fingerprint density at radius 2 is 1.59 bits per heavy atom. The number of hydrogen-bond donors (Lipinski definition) is 1. The van der Waals surface area contributed by atoms with Crippen molar-refractivity contribution in [2.75, 3.05) is 26.2 Å². The van der Waals surface area contributed by atoms with Crippen LogP contribution in [0.1, 0.15) is 58.8 Å². The molecule has 2 aliphatic heterocycles. The summed E-state index contributed by atoms with van der Waals surface area (Å²) in [4.78, 5) is 0. The van der Waals surface area contributed by atoms with Crippen LogP contribution in [0.2, 0.25) is 0 Å². The fourth-order valence-corrected chi connectivity index (χ4v) is 6.15. The van der Waals surface area contributed by atoms with Crippen LogP contribution in [0.15, 0.2) is 0 Å². The highest BCUT2D eigenvalue weighted by Crippen LogP contribution is 2.46. The van der Waals surface area contributed by atoms with Crippen molar-refractivity contribution in [3.05, 3.63) is 0 Å². The van der Waals surface area contributed by atoms with E-state index in [1.807, 2.05) is 0 Å². The number of hydrogen-bond acceptors (Lipinski definition) is 3. The second kappa shape index (κ2) is 5.72. The number of nitrogens with zero attached hydrogens (tertiary/aromatic N) is 2. The van der Waals surface area contributed by atoms with Crippen molar-refractivity contribution >= 4 is 10.2 Å². The van der Waals surface area contributed by atoms with E-state index in [0.29, 0.717) is 26.2 Å². The zero-order valence-electron chi connectivity index (χ0n) is 13.9. The number of piperidine rings is 2. The van der Waals surface area contributed by atoms with Gasteiger partial charge in [0.1, 0.15) is 0 Å². The van der Waals surface area contributed by atoms with Gasteiger partial charge in [-0.15, -0.1) is 0 Å². The maximum atomic E-state index is 13.0. The van der Waals surface area contributed by atoms with Crippen molar-refractivity contribution < 1.29 is 13.5 Å². The summed E-state index contributed by atoms with van der Waals surface area (Å²) in [6.45, 7) is 6.79. The molecule has 0 aromatic carbocycles. The molecule has 2 heterocycles. The third-order valence-electron chi connectivity index (χ3n) is 6.16. The van der Waals surface area contributed by atoms with Gasteiger partial charge < -0.3 is 5.11 Å². The van der Waals surface area contributed by atoms with Crippen LogP contribution in [0.25, 0.3) is 0 Å². The Bertz CT molecular complexity index is 509. The molecule has 3 fully saturated rings. The summed E-state index contributed by atoms with van der Waals surface area (Å²) in [5.41, 5.74) is 0.0666. The van der Waals surface area contributed by atoms with Gasteiger partial charge in [-0.3, -0.25) is 0 Å². The number of aliphatic hydroxyl groups is 1. The van der Waals surface area contributed by atoms with Gasteiger partial charge in [-0.1, -0.05) is 20.3 Å². The summed E-state index contributed by atoms with van der Waals surface area (Å²) in [5, 5.41) is 10.3. The van der Waals surface area contributed by atoms with Crippen molar-refractivity contribution in [1.82, 2.24) is 8.61 Å². The molecule has 3 aliphatic rings. The minimum absolute atomic E-state index is 0.180. The summed E-state index contributed by atoms with van der Waals surface area (Å²) in [5.74, 6) is 0. The Hall–Kier alpha value is -0.170. The second-order valence-corrected chi connectivity index (χ2v) is 10.2. The Kier molecular flexibility index (Phi) is 4.34. The van der Waals surface area contributed by atoms with Crippen LogP contribution < -0.4 is 0 Å². The maximum absolute atomic E-state index is 13.0. The third-order valence-corrected chi connectivity index (χ3v) is 8.14. The Balaban J connectivity index is 1.72. The molecule has 1 aliphatic carbocycles. The molecule has 3 rings (SSSR count). The van der Waals surface area contributed by atoms with Crippen molar-refractivity contribution in [1.29, 1.82) is 0 Å². The molecule has 1 spiro atoms. The molecule has 2 atom stereocenters. The van der Waals surface area contributed by atoms with Crippen molar-refractivity contribution in [3.63, 3.8) is 0 Å². The molecule has 0 radical (unpaired) electrons. The van der Waals surface area contributed by atoms with Gasteiger partial charge in [0.2, 0.25) is 0 Å². The molecule has 128 valence electrons. The zero-order valence-corrected chi connectivity index (χ0v) is 14.7. The highest BCUT2D eigenvalue weighted by molar-refractivity contribution is 7.86. The lowest BCUT2D eigenvalue weighted by molar-refractivity contribution is 0.0108. The summed E-state index contributed by atoms with van der Waals surface area (Å²) in [7, 11) is -3.37. The van der Waals surface area contributed by atoms with Crippen LogP contribution in [0, 0.1) is 10.8 Å². The predicted molar refractivity (Wildman–Crippen MR) is 86.6 cm³/mol. The average Bonchev–Trinajstić information content (AvgIpc) is 2.79. The van der Waals surface area contributed by atoms with Gasteiger partial charge in [0.25, 0.3) is 10.2 Å². The smallest absolute Gasteiger partial charge is 0.281 e. The van der Waals surface area contributed by atoms with Gasteiger partial charge in [-0.2, -0.15) is 17.0 Å². The van der Waals surface area contributed by atoms with Crippen LogP contribution in [0.4, 0.5) is 0 Å². The number of aliphatic hydroxyl groups excluding tert-OH is 1. The van der Waals surface area contributed by atoms with Crippen LogP contribution >= 0.6 is 0 Å². The minimum atomic E-state index is -3.37. The molecule has 2 saturated heterocycles. The molecule has 22 heavy (non-hydrogen) atoms. The molecule has 0 amide bonds. The van der Waals surface area contributed by atoms with E-state index >= 15 is 0 Å². The van der Waals surface area contributed by atoms with Gasteiger partial charge in [-0.05, 0) is 43.9 Å². The van der Waals surface area contributed by atoms with E-state index < -0.39 is 10.2 Å². The summed E-state index contributed by atoms with van der Waals surface area (Å²) < 4.78 is 29.3. The molecular weight excluding hydrogens is 300 g/mol. The van der Waals surface area contributed by atoms with E-state index in [-0.39, 0.29) is 16.9 Å². The SMILES string of the molecule is CC1(C)CCN(S(=O)(=O)N2CCC[C@]3(CCC[C@H]3O)C2)CC1. The van der Waals surface area contributed by atoms with Crippen molar-refractivity contribution in [3.8, 4) is 0 Å². The van der Waals surface area contributed by atoms with Crippen LogP contribution in [0.3, 0.4) is 0 Å². The molecule has 0 unspecified atom stereocenters. The van der Waals surface area contributed by atoms with E-state index in [0.717, 1.165) is 44.9 Å². The topological polar surface area (TPSA) is 60.9 Å². The Morgan fingerprint density at radius 3 is 2.18 bits per heavy atom. The first-order valence-corrected chi connectivity index (χ1v) is 10.1. The van der Waals surface area contributed by atoms with Gasteiger partial charge in [-0.25, -0.2) is 0 Å². The summed E-state index contributed by atoms with van der Waals surface area (Å²) in [6.07, 6.45) is 6.17. The molecule has 0 bridgehead atoms. The van der Waals surface area contributed by atoms with Gasteiger partial charge in [0, 0.05) is 31.6 Å². The van der Waals surface area contributed by atoms with E-state index in [4.69, 9.17) is 0 Å². The molecule has 1 N–H and O–H groups in total. The van der Waals surface area contributed by atoms with Gasteiger partial charge in [0.15, 0.2) is 0 Å². The zero-order chi connectivity index (χ0) is 16.0. The van der Waals surface area contributed by atoms with Crippen molar-refractivity contribution in [2.45, 2.75) is 64.9 Å². The highest BCUT2D eigenvalue weighted by Gasteiger charge is 2.48. The molecule has 0 aromatic rings. The van der Waals surface area contributed by atoms with Crippen molar-refractivity contribution in [2.24, 2.45) is 10.8 Å². The Labute approximate surface area is 134 Å². The minimum Gasteiger partial charge on any atom is -0.392 e. The third kappa shape index (κ3) is 2.95. The molecule has 6 heteroatoms. The standard InChI is InChI=1S/C16H30N2O3S/c1-15(2)8-11-17(12-9-15)22(20,21)18-10-4-7-16(13-18)6-3-5-14(16)19/h14,19H,3-13H2,1-2H3/t14-,16-/m1/s1. The first-order valence-electron chi connectivity index (χ1n) is 8.69. The summed E-state index contributed by atoms with van der Waals surface area (Å²) >= 11 is 0. The first-order chi connectivity index (χ1) is 10.3. The first kappa shape index (κ1) is 16.7. The monoisotopic (exact) mass is 330 g/mol. The lowest BCUT2D eigenvalue weighted by Gasteiger charge is -2.44. The van der Waals surface area contributed by atoms with Gasteiger partial charge in [0.05, 0.1) is 6.10 Å². The average molecular weight is 330 g/mol. The largest absolute Gasteiger partial charge is 0.392 e. The predicted octanol–water partition coefficient (Wildman–Crippen LogP) is 1.98. The van der Waals surface area contributed by atoms with Crippen LogP contribution in [0.5, 0.6) is 0 Å². The fourth-order valence-electron chi connectivity index (χ4n) is 4.40. The number of rotatable bonds is 2. The molecule has 0 aromatic heterocycles. The lowest BCUT2D eigenvalue weighted by Crippen LogP contribution is -2.55. The molecule has 5 nitrogen and oxygen atoms in total.